The van der Waals surface area contributed by atoms with E-state index in [-0.39, 0.29) is 11.9 Å². The third-order valence-corrected chi connectivity index (χ3v) is 2.54. The van der Waals surface area contributed by atoms with E-state index in [1.54, 1.807) is 23.9 Å². The predicted octanol–water partition coefficient (Wildman–Crippen LogP) is 1.47. The van der Waals surface area contributed by atoms with Crippen LogP contribution in [0.15, 0.2) is 16.7 Å². The van der Waals surface area contributed by atoms with Crippen LogP contribution in [-0.2, 0) is 16.6 Å². The Hall–Kier alpha value is -1.30. The number of aryl methyl sites for hydroxylation is 1. The molecule has 0 atom stereocenters. The maximum atomic E-state index is 11.6. The van der Waals surface area contributed by atoms with Crippen LogP contribution in [0.4, 0.5) is 0 Å². The maximum absolute atomic E-state index is 11.6. The molecule has 0 aliphatic rings. The minimum atomic E-state index is -0.360. The van der Waals surface area contributed by atoms with Crippen molar-refractivity contribution in [2.24, 2.45) is 7.05 Å². The number of nitrogens with zero attached hydrogens (tertiary/aromatic N) is 1. The van der Waals surface area contributed by atoms with Gasteiger partial charge in [0, 0.05) is 31.2 Å². The van der Waals surface area contributed by atoms with Crippen LogP contribution < -0.4 is 5.32 Å². The lowest BCUT2D eigenvalue weighted by Gasteiger charge is -2.05. The van der Waals surface area contributed by atoms with Crippen molar-refractivity contribution in [3.8, 4) is 0 Å². The zero-order valence-corrected chi connectivity index (χ0v) is 11.4. The number of rotatable bonds is 5. The molecule has 0 spiro atoms. The summed E-state index contributed by atoms with van der Waals surface area (Å²) in [5, 5.41) is 2.63. The van der Waals surface area contributed by atoms with Gasteiger partial charge in [-0.3, -0.25) is 4.79 Å². The maximum Gasteiger partial charge on any atom is 0.354 e. The van der Waals surface area contributed by atoms with Gasteiger partial charge in [-0.25, -0.2) is 4.79 Å². The lowest BCUT2D eigenvalue weighted by Crippen LogP contribution is -2.22. The van der Waals surface area contributed by atoms with Crippen LogP contribution in [0.5, 0.6) is 0 Å². The molecular formula is C11H15BrN2O3. The number of carbonyl (C=O) groups excluding carboxylic acids is 2. The number of esters is 1. The summed E-state index contributed by atoms with van der Waals surface area (Å²) in [5.41, 5.74) is 0.497. The second kappa shape index (κ2) is 6.44. The molecule has 0 fully saturated rings. The number of nitrogens with one attached hydrogen (secondary N) is 1. The van der Waals surface area contributed by atoms with Crippen molar-refractivity contribution in [2.45, 2.75) is 13.3 Å². The Morgan fingerprint density at radius 2 is 2.24 bits per heavy atom. The molecule has 0 aromatic carbocycles. The Kier molecular flexibility index (Phi) is 5.21. The molecule has 17 heavy (non-hydrogen) atoms. The summed E-state index contributed by atoms with van der Waals surface area (Å²) in [6.45, 7) is 2.26. The monoisotopic (exact) mass is 302 g/mol. The van der Waals surface area contributed by atoms with Crippen LogP contribution >= 0.6 is 15.9 Å². The summed E-state index contributed by atoms with van der Waals surface area (Å²) < 4.78 is 7.60. The minimum Gasteiger partial charge on any atom is -0.461 e. The fourth-order valence-corrected chi connectivity index (χ4v) is 1.83. The molecule has 0 radical (unpaired) electrons. The van der Waals surface area contributed by atoms with Crippen molar-refractivity contribution >= 4 is 27.8 Å². The molecule has 5 nitrogen and oxygen atoms in total. The zero-order chi connectivity index (χ0) is 12.8. The first-order valence-corrected chi connectivity index (χ1v) is 6.03. The Morgan fingerprint density at radius 1 is 1.53 bits per heavy atom. The molecule has 6 heteroatoms. The highest BCUT2D eigenvalue weighted by Crippen LogP contribution is 2.14. The summed E-state index contributed by atoms with van der Waals surface area (Å²) in [7, 11) is 1.78. The van der Waals surface area contributed by atoms with Gasteiger partial charge >= 0.3 is 5.97 Å². The van der Waals surface area contributed by atoms with Gasteiger partial charge < -0.3 is 14.6 Å². The SMILES string of the molecule is CC(=O)NCCCOC(=O)c1cc(Br)cn1C. The molecule has 0 saturated carbocycles. The smallest absolute Gasteiger partial charge is 0.354 e. The van der Waals surface area contributed by atoms with Crippen molar-refractivity contribution < 1.29 is 14.3 Å². The van der Waals surface area contributed by atoms with Crippen molar-refractivity contribution in [1.29, 1.82) is 0 Å². The number of amides is 1. The molecule has 1 rings (SSSR count). The first kappa shape index (κ1) is 13.8. The summed E-state index contributed by atoms with van der Waals surface area (Å²) in [4.78, 5) is 22.2. The van der Waals surface area contributed by atoms with Crippen LogP contribution in [0, 0.1) is 0 Å². The largest absolute Gasteiger partial charge is 0.461 e. The highest BCUT2D eigenvalue weighted by atomic mass is 79.9. The van der Waals surface area contributed by atoms with Gasteiger partial charge in [-0.15, -0.1) is 0 Å². The Morgan fingerprint density at radius 3 is 2.76 bits per heavy atom. The molecule has 1 aromatic rings. The van der Waals surface area contributed by atoms with Crippen LogP contribution in [-0.4, -0.2) is 29.6 Å². The van der Waals surface area contributed by atoms with Gasteiger partial charge in [0.1, 0.15) is 5.69 Å². The number of hydrogen-bond donors (Lipinski definition) is 1. The third kappa shape index (κ3) is 4.60. The molecule has 0 bridgehead atoms. The molecule has 1 heterocycles. The fourth-order valence-electron chi connectivity index (χ4n) is 1.30. The van der Waals surface area contributed by atoms with Gasteiger partial charge in [-0.2, -0.15) is 0 Å². The van der Waals surface area contributed by atoms with Crippen molar-refractivity contribution in [3.63, 3.8) is 0 Å². The molecular weight excluding hydrogens is 288 g/mol. The molecule has 0 aliphatic heterocycles. The Labute approximate surface area is 108 Å². The highest BCUT2D eigenvalue weighted by Gasteiger charge is 2.11. The highest BCUT2D eigenvalue weighted by molar-refractivity contribution is 9.10. The number of carbonyl (C=O) groups is 2. The van der Waals surface area contributed by atoms with E-state index < -0.39 is 0 Å². The third-order valence-electron chi connectivity index (χ3n) is 2.11. The number of hydrogen-bond acceptors (Lipinski definition) is 3. The molecule has 0 saturated heterocycles. The zero-order valence-electron chi connectivity index (χ0n) is 9.83. The molecule has 1 amide bonds. The molecule has 1 aromatic heterocycles. The lowest BCUT2D eigenvalue weighted by atomic mass is 10.4. The predicted molar refractivity (Wildman–Crippen MR) is 66.7 cm³/mol. The van der Waals surface area contributed by atoms with E-state index in [0.717, 1.165) is 4.47 Å². The average Bonchev–Trinajstić information content (AvgIpc) is 2.56. The van der Waals surface area contributed by atoms with Crippen molar-refractivity contribution in [3.05, 3.63) is 22.4 Å². The summed E-state index contributed by atoms with van der Waals surface area (Å²) >= 11 is 3.28. The number of aromatic nitrogens is 1. The van der Waals surface area contributed by atoms with E-state index in [1.165, 1.54) is 6.92 Å². The topological polar surface area (TPSA) is 60.3 Å². The van der Waals surface area contributed by atoms with Gasteiger partial charge in [0.05, 0.1) is 6.61 Å². The molecule has 0 unspecified atom stereocenters. The van der Waals surface area contributed by atoms with Crippen molar-refractivity contribution in [2.75, 3.05) is 13.2 Å². The van der Waals surface area contributed by atoms with Gasteiger partial charge in [-0.1, -0.05) is 0 Å². The number of halogens is 1. The van der Waals surface area contributed by atoms with Crippen LogP contribution in [0.3, 0.4) is 0 Å². The second-order valence-electron chi connectivity index (χ2n) is 3.63. The van der Waals surface area contributed by atoms with E-state index in [1.807, 2.05) is 0 Å². The molecule has 0 aliphatic carbocycles. The molecule has 94 valence electrons. The fraction of sp³-hybridized carbons (Fsp3) is 0.455. The van der Waals surface area contributed by atoms with Crippen molar-refractivity contribution in [1.82, 2.24) is 9.88 Å². The summed E-state index contributed by atoms with van der Waals surface area (Å²) in [6.07, 6.45) is 2.39. The average molecular weight is 303 g/mol. The van der Waals surface area contributed by atoms with Gasteiger partial charge in [0.25, 0.3) is 0 Å². The Bertz CT molecular complexity index is 415. The van der Waals surface area contributed by atoms with Crippen LogP contribution in [0.2, 0.25) is 0 Å². The van der Waals surface area contributed by atoms with E-state index >= 15 is 0 Å². The first-order valence-electron chi connectivity index (χ1n) is 5.24. The lowest BCUT2D eigenvalue weighted by molar-refractivity contribution is -0.118. The van der Waals surface area contributed by atoms with E-state index in [2.05, 4.69) is 21.2 Å². The van der Waals surface area contributed by atoms with E-state index in [9.17, 15) is 9.59 Å². The minimum absolute atomic E-state index is 0.0808. The van der Waals surface area contributed by atoms with Gasteiger partial charge in [0.2, 0.25) is 5.91 Å². The first-order chi connectivity index (χ1) is 8.00. The van der Waals surface area contributed by atoms with Crippen LogP contribution in [0.25, 0.3) is 0 Å². The standard InChI is InChI=1S/C11H15BrN2O3/c1-8(15)13-4-3-5-17-11(16)10-6-9(12)7-14(10)2/h6-7H,3-5H2,1-2H3,(H,13,15). The normalized spacial score (nSPS) is 10.1. The Balaban J connectivity index is 2.30. The van der Waals surface area contributed by atoms with Gasteiger partial charge in [-0.05, 0) is 28.4 Å². The van der Waals surface area contributed by atoms with Crippen LogP contribution in [0.1, 0.15) is 23.8 Å². The summed E-state index contributed by atoms with van der Waals surface area (Å²) in [6, 6.07) is 1.70. The number of ether oxygens (including phenoxy) is 1. The quantitative estimate of drug-likeness (QED) is 0.662. The van der Waals surface area contributed by atoms with E-state index in [0.29, 0.717) is 25.3 Å². The second-order valence-corrected chi connectivity index (χ2v) is 4.54. The van der Waals surface area contributed by atoms with E-state index in [4.69, 9.17) is 4.74 Å². The summed E-state index contributed by atoms with van der Waals surface area (Å²) in [5.74, 6) is -0.441. The molecule has 1 N–H and O–H groups in total. The van der Waals surface area contributed by atoms with Gasteiger partial charge in [0.15, 0.2) is 0 Å².